The van der Waals surface area contributed by atoms with Crippen molar-refractivity contribution in [1.29, 1.82) is 0 Å². The van der Waals surface area contributed by atoms with Crippen molar-refractivity contribution in [2.45, 2.75) is 24.2 Å². The van der Waals surface area contributed by atoms with Crippen LogP contribution in [0.4, 0.5) is 5.69 Å². The number of aryl methyl sites for hydroxylation is 1. The van der Waals surface area contributed by atoms with E-state index in [1.807, 2.05) is 12.1 Å². The van der Waals surface area contributed by atoms with E-state index in [0.29, 0.717) is 5.69 Å². The van der Waals surface area contributed by atoms with Crippen molar-refractivity contribution in [1.82, 2.24) is 0 Å². The lowest BCUT2D eigenvalue weighted by atomic mass is 10.0. The van der Waals surface area contributed by atoms with Crippen molar-refractivity contribution in [2.24, 2.45) is 5.92 Å². The quantitative estimate of drug-likeness (QED) is 0.857. The standard InChI is InChI=1S/C19H21NO3S/c1-13-8-4-5-9-14(13)15-12-16(15)19(21)20(2)17-10-6-7-11-18(17)24(3,22)23/h4-11,15-16H,12H2,1-3H3/t15-,16-/m1/s1. The molecule has 2 aromatic rings. The topological polar surface area (TPSA) is 54.5 Å². The monoisotopic (exact) mass is 343 g/mol. The number of carbonyl (C=O) groups excluding carboxylic acids is 1. The lowest BCUT2D eigenvalue weighted by Gasteiger charge is -2.20. The minimum Gasteiger partial charge on any atom is -0.314 e. The molecule has 24 heavy (non-hydrogen) atoms. The first kappa shape index (κ1) is 16.7. The van der Waals surface area contributed by atoms with Crippen LogP contribution in [0.1, 0.15) is 23.5 Å². The molecule has 126 valence electrons. The van der Waals surface area contributed by atoms with Crippen molar-refractivity contribution in [3.63, 3.8) is 0 Å². The molecule has 0 radical (unpaired) electrons. The van der Waals surface area contributed by atoms with Crippen LogP contribution < -0.4 is 4.90 Å². The first-order chi connectivity index (χ1) is 11.3. The van der Waals surface area contributed by atoms with Crippen LogP contribution in [-0.2, 0) is 14.6 Å². The van der Waals surface area contributed by atoms with Crippen LogP contribution in [0.25, 0.3) is 0 Å². The first-order valence-corrected chi connectivity index (χ1v) is 9.82. The highest BCUT2D eigenvalue weighted by atomic mass is 32.2. The second kappa shape index (κ2) is 6.06. The van der Waals surface area contributed by atoms with Crippen molar-refractivity contribution in [2.75, 3.05) is 18.2 Å². The molecule has 0 spiro atoms. The Morgan fingerprint density at radius 3 is 2.38 bits per heavy atom. The van der Waals surface area contributed by atoms with Gasteiger partial charge in [-0.2, -0.15) is 0 Å². The van der Waals surface area contributed by atoms with E-state index in [1.165, 1.54) is 16.0 Å². The Bertz CT molecular complexity index is 889. The normalized spacial score (nSPS) is 19.8. The number of hydrogen-bond donors (Lipinski definition) is 0. The number of rotatable bonds is 4. The Morgan fingerprint density at radius 1 is 1.08 bits per heavy atom. The van der Waals surface area contributed by atoms with Crippen LogP contribution in [-0.4, -0.2) is 27.6 Å². The maximum Gasteiger partial charge on any atom is 0.230 e. The summed E-state index contributed by atoms with van der Waals surface area (Å²) in [7, 11) is -1.73. The average Bonchev–Trinajstić information content (AvgIpc) is 3.33. The Kier molecular flexibility index (Phi) is 4.22. The summed E-state index contributed by atoms with van der Waals surface area (Å²) in [6.07, 6.45) is 1.98. The molecule has 0 bridgehead atoms. The van der Waals surface area contributed by atoms with Crippen LogP contribution >= 0.6 is 0 Å². The fourth-order valence-electron chi connectivity index (χ4n) is 3.23. The fourth-order valence-corrected chi connectivity index (χ4v) is 4.14. The summed E-state index contributed by atoms with van der Waals surface area (Å²) in [6, 6.07) is 14.7. The molecule has 1 amide bonds. The highest BCUT2D eigenvalue weighted by molar-refractivity contribution is 7.90. The van der Waals surface area contributed by atoms with Gasteiger partial charge in [0.1, 0.15) is 0 Å². The van der Waals surface area contributed by atoms with E-state index in [1.54, 1.807) is 31.3 Å². The smallest absolute Gasteiger partial charge is 0.230 e. The van der Waals surface area contributed by atoms with E-state index >= 15 is 0 Å². The molecule has 1 aliphatic rings. The summed E-state index contributed by atoms with van der Waals surface area (Å²) in [5, 5.41) is 0. The van der Waals surface area contributed by atoms with Crippen molar-refractivity contribution >= 4 is 21.4 Å². The van der Waals surface area contributed by atoms with Gasteiger partial charge in [0.15, 0.2) is 9.84 Å². The Hall–Kier alpha value is -2.14. The molecule has 1 fully saturated rings. The number of amides is 1. The van der Waals surface area contributed by atoms with E-state index in [0.717, 1.165) is 12.7 Å². The molecule has 1 aliphatic carbocycles. The van der Waals surface area contributed by atoms with Crippen LogP contribution in [0.2, 0.25) is 0 Å². The average molecular weight is 343 g/mol. The van der Waals surface area contributed by atoms with Gasteiger partial charge >= 0.3 is 0 Å². The number of benzene rings is 2. The summed E-state index contributed by atoms with van der Waals surface area (Å²) >= 11 is 0. The SMILES string of the molecule is Cc1ccccc1[C@H]1C[C@H]1C(=O)N(C)c1ccccc1S(C)(=O)=O. The molecule has 0 aliphatic heterocycles. The molecule has 2 atom stereocenters. The molecule has 0 N–H and O–H groups in total. The summed E-state index contributed by atoms with van der Waals surface area (Å²) < 4.78 is 23.9. The molecule has 5 heteroatoms. The van der Waals surface area contributed by atoms with Crippen LogP contribution in [0.15, 0.2) is 53.4 Å². The molecule has 0 saturated heterocycles. The number of anilines is 1. The second-order valence-electron chi connectivity index (χ2n) is 6.44. The van der Waals surface area contributed by atoms with Gasteiger partial charge in [0.2, 0.25) is 5.91 Å². The van der Waals surface area contributed by atoms with Gasteiger partial charge in [-0.15, -0.1) is 0 Å². The second-order valence-corrected chi connectivity index (χ2v) is 8.43. The minimum absolute atomic E-state index is 0.0284. The van der Waals surface area contributed by atoms with E-state index in [2.05, 4.69) is 19.1 Å². The predicted molar refractivity (Wildman–Crippen MR) is 95.0 cm³/mol. The number of nitrogens with zero attached hydrogens (tertiary/aromatic N) is 1. The first-order valence-electron chi connectivity index (χ1n) is 7.93. The van der Waals surface area contributed by atoms with Crippen molar-refractivity contribution in [3.8, 4) is 0 Å². The number of carbonyl (C=O) groups is 1. The third-order valence-electron chi connectivity index (χ3n) is 4.65. The van der Waals surface area contributed by atoms with E-state index in [9.17, 15) is 13.2 Å². The minimum atomic E-state index is -3.38. The van der Waals surface area contributed by atoms with Gasteiger partial charge in [0.25, 0.3) is 0 Å². The molecule has 0 unspecified atom stereocenters. The Labute approximate surface area is 143 Å². The van der Waals surface area contributed by atoms with Gasteiger partial charge in [-0.1, -0.05) is 36.4 Å². The van der Waals surface area contributed by atoms with Crippen LogP contribution in [0.5, 0.6) is 0 Å². The van der Waals surface area contributed by atoms with Gasteiger partial charge in [0, 0.05) is 19.2 Å². The van der Waals surface area contributed by atoms with Gasteiger partial charge in [-0.25, -0.2) is 8.42 Å². The maximum atomic E-state index is 12.8. The molecular weight excluding hydrogens is 322 g/mol. The summed E-state index contributed by atoms with van der Waals surface area (Å²) in [5.41, 5.74) is 2.85. The van der Waals surface area contributed by atoms with Crippen LogP contribution in [0.3, 0.4) is 0 Å². The molecule has 2 aromatic carbocycles. The van der Waals surface area contributed by atoms with Gasteiger partial charge < -0.3 is 4.90 Å². The van der Waals surface area contributed by atoms with Crippen molar-refractivity contribution < 1.29 is 13.2 Å². The number of sulfone groups is 1. The lowest BCUT2D eigenvalue weighted by molar-refractivity contribution is -0.119. The van der Waals surface area contributed by atoms with Gasteiger partial charge in [0.05, 0.1) is 10.6 Å². The van der Waals surface area contributed by atoms with Crippen molar-refractivity contribution in [3.05, 3.63) is 59.7 Å². The largest absolute Gasteiger partial charge is 0.314 e. The molecule has 4 nitrogen and oxygen atoms in total. The Morgan fingerprint density at radius 2 is 1.71 bits per heavy atom. The summed E-state index contributed by atoms with van der Waals surface area (Å²) in [4.78, 5) is 14.5. The van der Waals surface area contributed by atoms with Gasteiger partial charge in [-0.3, -0.25) is 4.79 Å². The van der Waals surface area contributed by atoms with E-state index in [-0.39, 0.29) is 22.6 Å². The third kappa shape index (κ3) is 3.08. The highest BCUT2D eigenvalue weighted by Gasteiger charge is 2.46. The zero-order valence-corrected chi connectivity index (χ0v) is 14.9. The summed E-state index contributed by atoms with van der Waals surface area (Å²) in [5.74, 6) is 0.120. The van der Waals surface area contributed by atoms with Crippen LogP contribution in [0, 0.1) is 12.8 Å². The predicted octanol–water partition coefficient (Wildman–Crippen LogP) is 3.17. The molecule has 3 rings (SSSR count). The molecule has 0 heterocycles. The molecule has 0 aromatic heterocycles. The Balaban J connectivity index is 1.84. The lowest BCUT2D eigenvalue weighted by Crippen LogP contribution is -2.29. The zero-order chi connectivity index (χ0) is 17.5. The van der Waals surface area contributed by atoms with E-state index < -0.39 is 9.84 Å². The van der Waals surface area contributed by atoms with E-state index in [4.69, 9.17) is 0 Å². The molecular formula is C19H21NO3S. The fraction of sp³-hybridized carbons (Fsp3) is 0.316. The third-order valence-corrected chi connectivity index (χ3v) is 5.80. The summed E-state index contributed by atoms with van der Waals surface area (Å²) in [6.45, 7) is 2.05. The number of hydrogen-bond acceptors (Lipinski definition) is 3. The zero-order valence-electron chi connectivity index (χ0n) is 14.1. The number of para-hydroxylation sites is 1. The molecule has 1 saturated carbocycles. The highest BCUT2D eigenvalue weighted by Crippen LogP contribution is 2.49. The maximum absolute atomic E-state index is 12.8. The van der Waals surface area contributed by atoms with Gasteiger partial charge in [-0.05, 0) is 42.5 Å².